The number of aromatic amines is 1. The van der Waals surface area contributed by atoms with Crippen molar-refractivity contribution in [1.29, 1.82) is 0 Å². The molecule has 5 nitrogen and oxygen atoms in total. The lowest BCUT2D eigenvalue weighted by molar-refractivity contribution is -0.136. The van der Waals surface area contributed by atoms with Crippen LogP contribution in [0.2, 0.25) is 0 Å². The molecule has 0 saturated carbocycles. The maximum Gasteiger partial charge on any atom is 0.434 e. The molecule has 2 N–H and O–H groups in total. The molecule has 1 aromatic heterocycles. The average Bonchev–Trinajstić information content (AvgIpc) is 2.84. The molecule has 0 fully saturated rings. The molecule has 0 atom stereocenters. The van der Waals surface area contributed by atoms with Crippen molar-refractivity contribution in [2.75, 3.05) is 11.9 Å². The van der Waals surface area contributed by atoms with Gasteiger partial charge in [0.05, 0.1) is 5.56 Å². The van der Waals surface area contributed by atoms with Crippen molar-refractivity contribution in [2.45, 2.75) is 25.9 Å². The van der Waals surface area contributed by atoms with Gasteiger partial charge in [-0.15, -0.1) is 5.10 Å². The second-order valence-corrected chi connectivity index (χ2v) is 4.46. The summed E-state index contributed by atoms with van der Waals surface area (Å²) in [6, 6.07) is 3.43. The number of benzene rings is 1. The minimum Gasteiger partial charge on any atom is -0.388 e. The van der Waals surface area contributed by atoms with Crippen molar-refractivity contribution >= 4 is 5.69 Å². The molecule has 0 aliphatic heterocycles. The number of nitrogens with one attached hydrogen (secondary N) is 2. The number of aromatic nitrogens is 2. The zero-order chi connectivity index (χ0) is 15.5. The van der Waals surface area contributed by atoms with Crippen molar-refractivity contribution in [2.24, 2.45) is 0 Å². The number of unbranched alkanes of at least 4 members (excludes halogenated alkanes) is 1. The van der Waals surface area contributed by atoms with Crippen molar-refractivity contribution in [3.05, 3.63) is 34.3 Å². The Hall–Kier alpha value is -2.25. The zero-order valence-electron chi connectivity index (χ0n) is 11.3. The first-order valence-corrected chi connectivity index (χ1v) is 6.43. The Kier molecular flexibility index (Phi) is 4.35. The molecule has 0 bridgehead atoms. The number of H-pyrrole nitrogens is 1. The van der Waals surface area contributed by atoms with E-state index in [1.807, 2.05) is 6.92 Å². The summed E-state index contributed by atoms with van der Waals surface area (Å²) < 4.78 is 43.6. The van der Waals surface area contributed by atoms with Crippen LogP contribution < -0.4 is 11.1 Å². The van der Waals surface area contributed by atoms with Gasteiger partial charge in [-0.1, -0.05) is 13.3 Å². The Morgan fingerprint density at radius 1 is 1.38 bits per heavy atom. The number of halogens is 3. The molecule has 0 unspecified atom stereocenters. The first-order valence-electron chi connectivity index (χ1n) is 6.43. The van der Waals surface area contributed by atoms with E-state index in [0.717, 1.165) is 18.9 Å². The second kappa shape index (κ2) is 6.02. The Morgan fingerprint density at radius 2 is 2.14 bits per heavy atom. The van der Waals surface area contributed by atoms with E-state index in [-0.39, 0.29) is 11.6 Å². The molecular weight excluding hydrogens is 287 g/mol. The number of anilines is 1. The van der Waals surface area contributed by atoms with E-state index in [0.29, 0.717) is 12.1 Å². The Bertz CT molecular complexity index is 661. The van der Waals surface area contributed by atoms with Crippen LogP contribution in [0.5, 0.6) is 0 Å². The van der Waals surface area contributed by atoms with E-state index < -0.39 is 17.5 Å². The molecule has 0 radical (unpaired) electrons. The van der Waals surface area contributed by atoms with Gasteiger partial charge in [-0.05, 0) is 24.6 Å². The van der Waals surface area contributed by atoms with E-state index in [1.54, 1.807) is 0 Å². The lowest BCUT2D eigenvalue weighted by Crippen LogP contribution is -2.11. The highest BCUT2D eigenvalue weighted by molar-refractivity contribution is 5.65. The van der Waals surface area contributed by atoms with Gasteiger partial charge in [0.15, 0.2) is 0 Å². The smallest absolute Gasteiger partial charge is 0.388 e. The Balaban J connectivity index is 2.38. The minimum atomic E-state index is -4.46. The molecule has 0 amide bonds. The first-order chi connectivity index (χ1) is 9.91. The van der Waals surface area contributed by atoms with Gasteiger partial charge in [-0.25, -0.2) is 9.89 Å². The first kappa shape index (κ1) is 15.1. The van der Waals surface area contributed by atoms with Gasteiger partial charge in [-0.2, -0.15) is 13.2 Å². The fraction of sp³-hybridized carbons (Fsp3) is 0.385. The van der Waals surface area contributed by atoms with Crippen LogP contribution in [0.1, 0.15) is 25.3 Å². The van der Waals surface area contributed by atoms with Crippen LogP contribution >= 0.6 is 0 Å². The normalized spacial score (nSPS) is 11.6. The standard InChI is InChI=1S/C13H14F3N3O2/c1-2-3-6-17-10-7-8(11-18-19-12(20)21-11)4-5-9(10)13(14,15)16/h4-5,7,17H,2-3,6H2,1H3,(H,19,20). The predicted molar refractivity (Wildman–Crippen MR) is 71.0 cm³/mol. The second-order valence-electron chi connectivity index (χ2n) is 4.46. The molecule has 2 aromatic rings. The van der Waals surface area contributed by atoms with Gasteiger partial charge in [0, 0.05) is 17.8 Å². The van der Waals surface area contributed by atoms with Crippen LogP contribution in [-0.2, 0) is 6.18 Å². The molecule has 0 saturated heterocycles. The molecule has 1 aromatic carbocycles. The van der Waals surface area contributed by atoms with Gasteiger partial charge >= 0.3 is 11.9 Å². The lowest BCUT2D eigenvalue weighted by atomic mass is 10.1. The number of alkyl halides is 3. The maximum absolute atomic E-state index is 13.0. The van der Waals surface area contributed by atoms with E-state index in [1.165, 1.54) is 12.1 Å². The van der Waals surface area contributed by atoms with Gasteiger partial charge < -0.3 is 9.73 Å². The number of rotatable bonds is 5. The summed E-state index contributed by atoms with van der Waals surface area (Å²) in [5.74, 6) is -0.808. The van der Waals surface area contributed by atoms with E-state index >= 15 is 0 Å². The average molecular weight is 301 g/mol. The summed E-state index contributed by atoms with van der Waals surface area (Å²) >= 11 is 0. The Labute approximate surface area is 118 Å². The fourth-order valence-electron chi connectivity index (χ4n) is 1.82. The highest BCUT2D eigenvalue weighted by Crippen LogP contribution is 2.36. The minimum absolute atomic E-state index is 0.0488. The summed E-state index contributed by atoms with van der Waals surface area (Å²) in [6.07, 6.45) is -2.85. The molecule has 1 heterocycles. The van der Waals surface area contributed by atoms with E-state index in [9.17, 15) is 18.0 Å². The SMILES string of the molecule is CCCCNc1cc(-c2n[nH]c(=O)o2)ccc1C(F)(F)F. The van der Waals surface area contributed by atoms with Gasteiger partial charge in [-0.3, -0.25) is 0 Å². The van der Waals surface area contributed by atoms with Crippen molar-refractivity contribution < 1.29 is 17.6 Å². The van der Waals surface area contributed by atoms with Crippen LogP contribution in [0.15, 0.2) is 27.4 Å². The van der Waals surface area contributed by atoms with E-state index in [4.69, 9.17) is 4.42 Å². The van der Waals surface area contributed by atoms with Gasteiger partial charge in [0.1, 0.15) is 0 Å². The van der Waals surface area contributed by atoms with Crippen LogP contribution in [0.3, 0.4) is 0 Å². The van der Waals surface area contributed by atoms with Crippen LogP contribution in [-0.4, -0.2) is 16.7 Å². The topological polar surface area (TPSA) is 70.9 Å². The number of hydrogen-bond donors (Lipinski definition) is 2. The van der Waals surface area contributed by atoms with Crippen LogP contribution in [0.4, 0.5) is 18.9 Å². The van der Waals surface area contributed by atoms with Crippen molar-refractivity contribution in [3.63, 3.8) is 0 Å². The number of nitrogens with zero attached hydrogens (tertiary/aromatic N) is 1. The Morgan fingerprint density at radius 3 is 2.71 bits per heavy atom. The highest BCUT2D eigenvalue weighted by Gasteiger charge is 2.33. The predicted octanol–water partition coefficient (Wildman–Crippen LogP) is 3.26. The molecule has 114 valence electrons. The van der Waals surface area contributed by atoms with Crippen molar-refractivity contribution in [1.82, 2.24) is 10.2 Å². The van der Waals surface area contributed by atoms with Crippen LogP contribution in [0.25, 0.3) is 11.5 Å². The third kappa shape index (κ3) is 3.65. The summed E-state index contributed by atoms with van der Waals surface area (Å²) in [6.45, 7) is 2.37. The molecule has 21 heavy (non-hydrogen) atoms. The van der Waals surface area contributed by atoms with Gasteiger partial charge in [0.25, 0.3) is 0 Å². The molecule has 8 heteroatoms. The summed E-state index contributed by atoms with van der Waals surface area (Å²) in [5.41, 5.74) is -0.528. The largest absolute Gasteiger partial charge is 0.434 e. The summed E-state index contributed by atoms with van der Waals surface area (Å²) in [5, 5.41) is 8.43. The maximum atomic E-state index is 13.0. The quantitative estimate of drug-likeness (QED) is 0.832. The molecule has 0 aliphatic carbocycles. The van der Waals surface area contributed by atoms with Crippen LogP contribution in [0, 0.1) is 0 Å². The molecule has 2 rings (SSSR count). The monoisotopic (exact) mass is 301 g/mol. The third-order valence-corrected chi connectivity index (χ3v) is 2.86. The highest BCUT2D eigenvalue weighted by atomic mass is 19.4. The van der Waals surface area contributed by atoms with Gasteiger partial charge in [0.2, 0.25) is 5.89 Å². The van der Waals surface area contributed by atoms with Crippen molar-refractivity contribution in [3.8, 4) is 11.5 Å². The zero-order valence-corrected chi connectivity index (χ0v) is 11.3. The molecule has 0 aliphatic rings. The summed E-state index contributed by atoms with van der Waals surface area (Å²) in [7, 11) is 0. The fourth-order valence-corrected chi connectivity index (χ4v) is 1.82. The number of hydrogen-bond acceptors (Lipinski definition) is 4. The molecule has 0 spiro atoms. The molecular formula is C13H14F3N3O2. The summed E-state index contributed by atoms with van der Waals surface area (Å²) in [4.78, 5) is 10.9. The van der Waals surface area contributed by atoms with E-state index in [2.05, 4.69) is 15.5 Å². The third-order valence-electron chi connectivity index (χ3n) is 2.86. The lowest BCUT2D eigenvalue weighted by Gasteiger charge is -2.15.